The van der Waals surface area contributed by atoms with Crippen molar-refractivity contribution in [3.8, 4) is 11.5 Å². The third-order valence-electron chi connectivity index (χ3n) is 5.60. The summed E-state index contributed by atoms with van der Waals surface area (Å²) in [5, 5.41) is 10.7. The number of aliphatic hydroxyl groups excluding tert-OH is 1. The molecule has 1 N–H and O–H groups in total. The summed E-state index contributed by atoms with van der Waals surface area (Å²) in [6.45, 7) is 18.0. The molecule has 1 aromatic rings. The second kappa shape index (κ2) is 7.30. The molecule has 0 aliphatic carbocycles. The van der Waals surface area contributed by atoms with Crippen LogP contribution in [0, 0.1) is 0 Å². The molecule has 0 bridgehead atoms. The Balaban J connectivity index is 2.09. The Bertz CT molecular complexity index is 632. The quantitative estimate of drug-likeness (QED) is 0.539. The van der Waals surface area contributed by atoms with Crippen LogP contribution in [-0.2, 0) is 11.2 Å². The summed E-state index contributed by atoms with van der Waals surface area (Å²) < 4.78 is 17.7. The van der Waals surface area contributed by atoms with Crippen LogP contribution in [0.3, 0.4) is 0 Å². The van der Waals surface area contributed by atoms with Gasteiger partial charge in [0.25, 0.3) is 8.32 Å². The van der Waals surface area contributed by atoms with Crippen LogP contribution in [0.5, 0.6) is 11.5 Å². The van der Waals surface area contributed by atoms with Gasteiger partial charge in [0.1, 0.15) is 11.9 Å². The second-order valence-electron chi connectivity index (χ2n) is 10.0. The maximum atomic E-state index is 10.5. The molecule has 3 atom stereocenters. The average Bonchev–Trinajstić information content (AvgIpc) is 3.27. The van der Waals surface area contributed by atoms with Gasteiger partial charge in [-0.3, -0.25) is 0 Å². The van der Waals surface area contributed by atoms with E-state index in [9.17, 15) is 5.11 Å². The summed E-state index contributed by atoms with van der Waals surface area (Å²) in [6.07, 6.45) is 0.0851. The van der Waals surface area contributed by atoms with Gasteiger partial charge in [-0.1, -0.05) is 46.5 Å². The minimum Gasteiger partial charge on any atom is -0.541 e. The van der Waals surface area contributed by atoms with Crippen molar-refractivity contribution in [3.63, 3.8) is 0 Å². The molecule has 2 rings (SSSR count). The molecule has 1 fully saturated rings. The van der Waals surface area contributed by atoms with E-state index in [0.717, 1.165) is 17.1 Å². The summed E-state index contributed by atoms with van der Waals surface area (Å²) in [5.41, 5.74) is 1.31. The zero-order valence-corrected chi connectivity index (χ0v) is 19.8. The lowest BCUT2D eigenvalue weighted by molar-refractivity contribution is 0.135. The van der Waals surface area contributed by atoms with E-state index in [2.05, 4.69) is 53.5 Å². The first-order chi connectivity index (χ1) is 11.8. The molecule has 1 aliphatic rings. The Morgan fingerprint density at radius 3 is 2.19 bits per heavy atom. The summed E-state index contributed by atoms with van der Waals surface area (Å²) in [4.78, 5) is 0. The van der Waals surface area contributed by atoms with Gasteiger partial charge in [0, 0.05) is 6.42 Å². The lowest BCUT2D eigenvalue weighted by Crippen LogP contribution is -2.43. The molecule has 1 aliphatic heterocycles. The van der Waals surface area contributed by atoms with Crippen molar-refractivity contribution in [1.29, 1.82) is 0 Å². The molecule has 1 saturated heterocycles. The monoisotopic (exact) mass is 396 g/mol. The summed E-state index contributed by atoms with van der Waals surface area (Å²) in [7, 11) is -1.62. The molecule has 0 saturated carbocycles. The fraction of sp³-hybridized carbons (Fsp3) is 0.700. The smallest absolute Gasteiger partial charge is 0.250 e. The molecule has 1 heterocycles. The molecule has 0 aromatic heterocycles. The van der Waals surface area contributed by atoms with E-state index >= 15 is 0 Å². The van der Waals surface area contributed by atoms with Crippen LogP contribution in [0.2, 0.25) is 37.8 Å². The van der Waals surface area contributed by atoms with Gasteiger partial charge in [-0.2, -0.15) is 0 Å². The summed E-state index contributed by atoms with van der Waals surface area (Å²) >= 11 is 0. The summed E-state index contributed by atoms with van der Waals surface area (Å²) in [5.74, 6) is 1.53. The minimum atomic E-state index is -1.93. The Morgan fingerprint density at radius 1 is 1.12 bits per heavy atom. The number of hydrogen-bond acceptors (Lipinski definition) is 4. The SMILES string of the molecule is COc1cc(C[C@@H](O)[C@@H]2O[C@H]2[Si](C)(C)C)ccc1O[Si](C)(C)C(C)(C)C. The van der Waals surface area contributed by atoms with Gasteiger partial charge in [-0.25, -0.2) is 0 Å². The van der Waals surface area contributed by atoms with Crippen molar-refractivity contribution in [1.82, 2.24) is 0 Å². The highest BCUT2D eigenvalue weighted by Crippen LogP contribution is 2.40. The molecule has 4 nitrogen and oxygen atoms in total. The van der Waals surface area contributed by atoms with Crippen molar-refractivity contribution >= 4 is 16.4 Å². The first kappa shape index (κ1) is 21.5. The lowest BCUT2D eigenvalue weighted by Gasteiger charge is -2.36. The number of hydrogen-bond donors (Lipinski definition) is 1. The highest BCUT2D eigenvalue weighted by molar-refractivity contribution is 6.78. The zero-order valence-electron chi connectivity index (χ0n) is 17.8. The van der Waals surface area contributed by atoms with Gasteiger partial charge in [0.15, 0.2) is 5.75 Å². The van der Waals surface area contributed by atoms with E-state index in [0.29, 0.717) is 6.42 Å². The highest BCUT2D eigenvalue weighted by Gasteiger charge is 2.51. The van der Waals surface area contributed by atoms with Crippen LogP contribution in [-0.4, -0.2) is 46.5 Å². The van der Waals surface area contributed by atoms with E-state index in [-0.39, 0.29) is 16.9 Å². The summed E-state index contributed by atoms with van der Waals surface area (Å²) in [6, 6.07) is 5.99. The highest BCUT2D eigenvalue weighted by atomic mass is 28.4. The van der Waals surface area contributed by atoms with Crippen molar-refractivity contribution in [2.24, 2.45) is 0 Å². The Labute approximate surface area is 161 Å². The fourth-order valence-electron chi connectivity index (χ4n) is 2.82. The number of aliphatic hydroxyl groups is 1. The van der Waals surface area contributed by atoms with Crippen LogP contribution in [0.15, 0.2) is 18.2 Å². The number of epoxide rings is 1. The van der Waals surface area contributed by atoms with Crippen LogP contribution < -0.4 is 9.16 Å². The van der Waals surface area contributed by atoms with Gasteiger partial charge in [0.2, 0.25) is 0 Å². The Kier molecular flexibility index (Phi) is 6.03. The molecule has 0 radical (unpaired) electrons. The lowest BCUT2D eigenvalue weighted by atomic mass is 10.1. The van der Waals surface area contributed by atoms with Gasteiger partial charge in [-0.15, -0.1) is 0 Å². The molecule has 26 heavy (non-hydrogen) atoms. The Morgan fingerprint density at radius 2 is 1.73 bits per heavy atom. The predicted octanol–water partition coefficient (Wildman–Crippen LogP) is 4.63. The number of ether oxygens (including phenoxy) is 2. The molecule has 0 spiro atoms. The van der Waals surface area contributed by atoms with E-state index in [1.807, 2.05) is 18.2 Å². The molecule has 6 heteroatoms. The van der Waals surface area contributed by atoms with Gasteiger partial charge >= 0.3 is 0 Å². The van der Waals surface area contributed by atoms with Crippen LogP contribution in [0.1, 0.15) is 26.3 Å². The van der Waals surface area contributed by atoms with E-state index in [4.69, 9.17) is 13.9 Å². The van der Waals surface area contributed by atoms with Crippen molar-refractivity contribution in [2.45, 2.75) is 82.9 Å². The Hall–Kier alpha value is -0.826. The van der Waals surface area contributed by atoms with Gasteiger partial charge < -0.3 is 19.0 Å². The van der Waals surface area contributed by atoms with Crippen LogP contribution in [0.4, 0.5) is 0 Å². The first-order valence-corrected chi connectivity index (χ1v) is 15.9. The van der Waals surface area contributed by atoms with Crippen LogP contribution >= 0.6 is 0 Å². The maximum absolute atomic E-state index is 10.5. The minimum absolute atomic E-state index is 0.0178. The maximum Gasteiger partial charge on any atom is 0.250 e. The third-order valence-corrected chi connectivity index (χ3v) is 12.1. The topological polar surface area (TPSA) is 51.2 Å². The van der Waals surface area contributed by atoms with Crippen LogP contribution in [0.25, 0.3) is 0 Å². The van der Waals surface area contributed by atoms with E-state index < -0.39 is 22.5 Å². The number of rotatable bonds is 7. The van der Waals surface area contributed by atoms with Gasteiger partial charge in [-0.05, 0) is 35.8 Å². The first-order valence-electron chi connectivity index (χ1n) is 9.46. The van der Waals surface area contributed by atoms with Crippen molar-refractivity contribution in [2.75, 3.05) is 7.11 Å². The molecular formula is C20H36O4Si2. The molecular weight excluding hydrogens is 360 g/mol. The van der Waals surface area contributed by atoms with Gasteiger partial charge in [0.05, 0.1) is 27.0 Å². The molecule has 148 valence electrons. The number of benzene rings is 1. The largest absolute Gasteiger partial charge is 0.541 e. The third kappa shape index (κ3) is 4.91. The second-order valence-corrected chi connectivity index (χ2v) is 20.0. The van der Waals surface area contributed by atoms with Crippen molar-refractivity contribution in [3.05, 3.63) is 23.8 Å². The standard InChI is InChI=1S/C20H36O4Si2/c1-20(2,3)26(8,9)24-16-11-10-14(13-17(16)22-4)12-15(21)18-19(23-18)25(5,6)7/h10-11,13,15,18-19,21H,12H2,1-9H3/t15-,18+,19+/m1/s1. The van der Waals surface area contributed by atoms with E-state index in [1.54, 1.807) is 7.11 Å². The molecule has 0 amide bonds. The average molecular weight is 397 g/mol. The fourth-order valence-corrected chi connectivity index (χ4v) is 5.62. The molecule has 1 aromatic carbocycles. The zero-order chi connectivity index (χ0) is 19.9. The number of methoxy groups -OCH3 is 1. The molecule has 0 unspecified atom stereocenters. The van der Waals surface area contributed by atoms with Crippen molar-refractivity contribution < 1.29 is 19.0 Å². The van der Waals surface area contributed by atoms with E-state index in [1.165, 1.54) is 0 Å². The normalized spacial score (nSPS) is 22.1. The predicted molar refractivity (Wildman–Crippen MR) is 113 cm³/mol.